The maximum absolute atomic E-state index is 14.4. The number of benzene rings is 1. The van der Waals surface area contributed by atoms with Crippen molar-refractivity contribution in [2.45, 2.75) is 43.6 Å². The molecular formula is C26H24F4N4O3. The van der Waals surface area contributed by atoms with Gasteiger partial charge >= 0.3 is 6.18 Å². The summed E-state index contributed by atoms with van der Waals surface area (Å²) in [6.07, 6.45) is 0.503. The normalized spacial score (nSPS) is 23.1. The van der Waals surface area contributed by atoms with Crippen molar-refractivity contribution in [1.29, 1.82) is 0 Å². The van der Waals surface area contributed by atoms with Crippen LogP contribution < -0.4 is 9.47 Å². The molecule has 4 atom stereocenters. The van der Waals surface area contributed by atoms with Gasteiger partial charge in [0.1, 0.15) is 18.5 Å². The Bertz CT molecular complexity index is 1260. The second-order valence-corrected chi connectivity index (χ2v) is 9.07. The van der Waals surface area contributed by atoms with E-state index in [0.29, 0.717) is 42.6 Å². The summed E-state index contributed by atoms with van der Waals surface area (Å²) in [5.41, 5.74) is -0.217. The molecule has 2 saturated heterocycles. The van der Waals surface area contributed by atoms with Gasteiger partial charge in [0.15, 0.2) is 5.82 Å². The van der Waals surface area contributed by atoms with Crippen LogP contribution in [0.5, 0.6) is 11.6 Å². The van der Waals surface area contributed by atoms with E-state index in [1.165, 1.54) is 12.0 Å². The minimum atomic E-state index is -4.51. The van der Waals surface area contributed by atoms with E-state index >= 15 is 0 Å². The van der Waals surface area contributed by atoms with Gasteiger partial charge in [-0.05, 0) is 43.4 Å². The molecule has 37 heavy (non-hydrogen) atoms. The molecule has 1 aromatic carbocycles. The largest absolute Gasteiger partial charge is 0.496 e. The van der Waals surface area contributed by atoms with Crippen molar-refractivity contribution in [3.8, 4) is 23.0 Å². The van der Waals surface area contributed by atoms with E-state index in [9.17, 15) is 22.4 Å². The molecule has 0 radical (unpaired) electrons. The maximum atomic E-state index is 14.4. The van der Waals surface area contributed by atoms with Gasteiger partial charge in [0, 0.05) is 30.2 Å². The van der Waals surface area contributed by atoms with E-state index in [-0.39, 0.29) is 17.4 Å². The Morgan fingerprint density at radius 3 is 2.51 bits per heavy atom. The van der Waals surface area contributed by atoms with Gasteiger partial charge in [-0.2, -0.15) is 13.2 Å². The number of amides is 1. The van der Waals surface area contributed by atoms with Crippen LogP contribution in [0.1, 0.15) is 35.2 Å². The van der Waals surface area contributed by atoms with Gasteiger partial charge in [-0.15, -0.1) is 0 Å². The lowest BCUT2D eigenvalue weighted by Crippen LogP contribution is -2.65. The highest BCUT2D eigenvalue weighted by Gasteiger charge is 2.51. The number of pyridine rings is 1. The molecule has 3 fully saturated rings. The Balaban J connectivity index is 1.49. The van der Waals surface area contributed by atoms with Gasteiger partial charge in [0.05, 0.1) is 30.3 Å². The number of piperidine rings is 2. The number of hydrogen-bond donors (Lipinski definition) is 0. The number of aromatic nitrogens is 3. The zero-order valence-electron chi connectivity index (χ0n) is 19.9. The van der Waals surface area contributed by atoms with E-state index < -0.39 is 42.5 Å². The number of nitrogens with zero attached hydrogens (tertiary/aromatic N) is 4. The Kier molecular flexibility index (Phi) is 6.70. The molecule has 2 aliphatic heterocycles. The first-order chi connectivity index (χ1) is 17.8. The molecule has 6 rings (SSSR count). The Labute approximate surface area is 210 Å². The standard InChI is InChI=1S/C26H24F4N4O3/c1-36-20-5-2-4-17(24-31-10-3-11-32-24)23(20)25(35)34-18-8-6-15(19(34)13-27)12-21(18)37-22-9-7-16(14-33-22)26(28,29)30/h2-5,7,9-11,14-15,18-19,21H,6,8,12-13H2,1H3/t15-,18+,19-,21+/m1/s1. The average molecular weight is 516 g/mol. The molecule has 7 nitrogen and oxygen atoms in total. The molecule has 1 amide bonds. The van der Waals surface area contributed by atoms with E-state index in [2.05, 4.69) is 15.0 Å². The second kappa shape index (κ2) is 9.95. The molecule has 2 aromatic heterocycles. The first-order valence-corrected chi connectivity index (χ1v) is 11.8. The summed E-state index contributed by atoms with van der Waals surface area (Å²) in [6, 6.07) is 7.62. The van der Waals surface area contributed by atoms with Crippen LogP contribution >= 0.6 is 0 Å². The zero-order valence-corrected chi connectivity index (χ0v) is 19.9. The van der Waals surface area contributed by atoms with Crippen LogP contribution in [0.2, 0.25) is 0 Å². The number of fused-ring (bicyclic) bond motifs is 3. The van der Waals surface area contributed by atoms with Crippen molar-refractivity contribution in [2.24, 2.45) is 5.92 Å². The summed E-state index contributed by atoms with van der Waals surface area (Å²) in [7, 11) is 1.44. The number of ether oxygens (including phenoxy) is 2. The molecule has 1 aliphatic carbocycles. The Hall–Kier alpha value is -3.76. The molecule has 0 N–H and O–H groups in total. The van der Waals surface area contributed by atoms with Crippen LogP contribution in [0, 0.1) is 5.92 Å². The summed E-state index contributed by atoms with van der Waals surface area (Å²) < 4.78 is 64.6. The molecule has 0 spiro atoms. The number of halogens is 4. The predicted octanol–water partition coefficient (Wildman–Crippen LogP) is 4.98. The first kappa shape index (κ1) is 24.9. The van der Waals surface area contributed by atoms with Crippen LogP contribution in [0.15, 0.2) is 55.0 Å². The molecule has 3 aliphatic rings. The Morgan fingerprint density at radius 1 is 1.08 bits per heavy atom. The van der Waals surface area contributed by atoms with Crippen LogP contribution in [0.25, 0.3) is 11.4 Å². The molecule has 11 heteroatoms. The quantitative estimate of drug-likeness (QED) is 0.431. The third kappa shape index (κ3) is 4.70. The second-order valence-electron chi connectivity index (χ2n) is 9.07. The monoisotopic (exact) mass is 516 g/mol. The van der Waals surface area contributed by atoms with Gasteiger partial charge in [-0.3, -0.25) is 4.79 Å². The summed E-state index contributed by atoms with van der Waals surface area (Å²) in [5, 5.41) is 0. The van der Waals surface area contributed by atoms with Crippen molar-refractivity contribution < 1.29 is 31.8 Å². The molecule has 1 saturated carbocycles. The van der Waals surface area contributed by atoms with Crippen LogP contribution in [-0.4, -0.2) is 57.7 Å². The molecular weight excluding hydrogens is 492 g/mol. The van der Waals surface area contributed by atoms with Gasteiger partial charge < -0.3 is 14.4 Å². The first-order valence-electron chi connectivity index (χ1n) is 11.8. The number of alkyl halides is 4. The zero-order chi connectivity index (χ0) is 26.2. The summed E-state index contributed by atoms with van der Waals surface area (Å²) in [4.78, 5) is 28.0. The van der Waals surface area contributed by atoms with Gasteiger partial charge in [0.25, 0.3) is 5.91 Å². The lowest BCUT2D eigenvalue weighted by Gasteiger charge is -2.53. The minimum absolute atomic E-state index is 0.0189. The van der Waals surface area contributed by atoms with E-state index in [0.717, 1.165) is 12.1 Å². The van der Waals surface area contributed by atoms with Gasteiger partial charge in [-0.25, -0.2) is 19.3 Å². The highest BCUT2D eigenvalue weighted by Crippen LogP contribution is 2.44. The highest BCUT2D eigenvalue weighted by molar-refractivity contribution is 6.03. The van der Waals surface area contributed by atoms with E-state index in [1.807, 2.05) is 0 Å². The number of carbonyl (C=O) groups excluding carboxylic acids is 1. The number of carbonyl (C=O) groups is 1. The average Bonchev–Trinajstić information content (AvgIpc) is 2.92. The van der Waals surface area contributed by atoms with Crippen molar-refractivity contribution >= 4 is 5.91 Å². The third-order valence-corrected chi connectivity index (χ3v) is 7.05. The number of rotatable bonds is 6. The maximum Gasteiger partial charge on any atom is 0.417 e. The van der Waals surface area contributed by atoms with Gasteiger partial charge in [0.2, 0.25) is 5.88 Å². The molecule has 194 valence electrons. The summed E-state index contributed by atoms with van der Waals surface area (Å²) in [6.45, 7) is -0.732. The fourth-order valence-electron chi connectivity index (χ4n) is 5.36. The van der Waals surface area contributed by atoms with Crippen molar-refractivity contribution in [1.82, 2.24) is 19.9 Å². The van der Waals surface area contributed by atoms with Crippen LogP contribution in [0.3, 0.4) is 0 Å². The lowest BCUT2D eigenvalue weighted by atomic mass is 9.72. The predicted molar refractivity (Wildman–Crippen MR) is 125 cm³/mol. The SMILES string of the molecule is COc1cccc(-c2ncccn2)c1C(=O)N1[C@H](CF)[C@@H]2CC[C@H]1[C@@H](Oc1ccc(C(F)(F)F)cn1)C2. The smallest absolute Gasteiger partial charge is 0.417 e. The third-order valence-electron chi connectivity index (χ3n) is 7.05. The fourth-order valence-corrected chi connectivity index (χ4v) is 5.36. The van der Waals surface area contributed by atoms with Crippen molar-refractivity contribution in [2.75, 3.05) is 13.8 Å². The summed E-state index contributed by atoms with van der Waals surface area (Å²) >= 11 is 0. The van der Waals surface area contributed by atoms with Crippen LogP contribution in [-0.2, 0) is 6.18 Å². The minimum Gasteiger partial charge on any atom is -0.496 e. The number of hydrogen-bond acceptors (Lipinski definition) is 6. The molecule has 4 heterocycles. The molecule has 3 aromatic rings. The lowest BCUT2D eigenvalue weighted by molar-refractivity contribution is -0.137. The fraction of sp³-hybridized carbons (Fsp3) is 0.385. The highest BCUT2D eigenvalue weighted by atomic mass is 19.4. The van der Waals surface area contributed by atoms with E-state index in [4.69, 9.17) is 9.47 Å². The Morgan fingerprint density at radius 2 is 1.86 bits per heavy atom. The topological polar surface area (TPSA) is 77.4 Å². The van der Waals surface area contributed by atoms with Crippen molar-refractivity contribution in [3.63, 3.8) is 0 Å². The van der Waals surface area contributed by atoms with Gasteiger partial charge in [-0.1, -0.05) is 12.1 Å². The summed E-state index contributed by atoms with van der Waals surface area (Å²) in [5.74, 6) is 0.0298. The van der Waals surface area contributed by atoms with Crippen molar-refractivity contribution in [3.05, 3.63) is 66.1 Å². The van der Waals surface area contributed by atoms with Crippen LogP contribution in [0.4, 0.5) is 17.6 Å². The molecule has 2 bridgehead atoms. The number of methoxy groups -OCH3 is 1. The van der Waals surface area contributed by atoms with E-state index in [1.54, 1.807) is 36.7 Å². The molecule has 0 unspecified atom stereocenters.